The van der Waals surface area contributed by atoms with Gasteiger partial charge in [0.25, 0.3) is 5.22 Å². The molecule has 0 aliphatic carbocycles. The van der Waals surface area contributed by atoms with Crippen LogP contribution in [0.3, 0.4) is 0 Å². The molecule has 5 nitrogen and oxygen atoms in total. The molecule has 0 saturated carbocycles. The highest BCUT2D eigenvalue weighted by atomic mass is 35.5. The molecule has 98 valence electrons. The number of nitrogens with zero attached hydrogens (tertiary/aromatic N) is 4. The van der Waals surface area contributed by atoms with Crippen molar-refractivity contribution in [2.24, 2.45) is 0 Å². The lowest BCUT2D eigenvalue weighted by Crippen LogP contribution is -1.75. The van der Waals surface area contributed by atoms with Crippen molar-refractivity contribution in [2.45, 2.75) is 9.43 Å². The molecule has 1 aromatic carbocycles. The molecule has 0 N–H and O–H groups in total. The van der Waals surface area contributed by atoms with E-state index < -0.39 is 0 Å². The minimum absolute atomic E-state index is 0.197. The number of rotatable bonds is 3. The molecule has 3 aromatic rings. The summed E-state index contributed by atoms with van der Waals surface area (Å²) in [6.07, 6.45) is 0. The van der Waals surface area contributed by atoms with Crippen LogP contribution >= 0.6 is 34.9 Å². The number of benzene rings is 1. The van der Waals surface area contributed by atoms with Gasteiger partial charge in [0.05, 0.1) is 0 Å². The van der Waals surface area contributed by atoms with Crippen molar-refractivity contribution >= 4 is 34.9 Å². The Morgan fingerprint density at radius 1 is 1.25 bits per heavy atom. The SMILES string of the molecule is N#Cc1c(Cl)nsc1Sc1nnc(-c2ccccc2)o1. The summed E-state index contributed by atoms with van der Waals surface area (Å²) in [5.74, 6) is 0.433. The van der Waals surface area contributed by atoms with Crippen molar-refractivity contribution in [3.05, 3.63) is 41.0 Å². The molecule has 3 rings (SSSR count). The molecule has 8 heteroatoms. The second-order valence-corrected chi connectivity index (χ2v) is 5.94. The molecule has 0 saturated heterocycles. The van der Waals surface area contributed by atoms with Gasteiger partial charge < -0.3 is 4.42 Å². The first-order valence-corrected chi connectivity index (χ1v) is 7.37. The van der Waals surface area contributed by atoms with Gasteiger partial charge in [-0.1, -0.05) is 29.8 Å². The minimum Gasteiger partial charge on any atom is -0.411 e. The Kier molecular flexibility index (Phi) is 3.69. The lowest BCUT2D eigenvalue weighted by molar-refractivity contribution is 0.466. The van der Waals surface area contributed by atoms with Gasteiger partial charge in [0, 0.05) is 5.56 Å². The van der Waals surface area contributed by atoms with Gasteiger partial charge >= 0.3 is 0 Å². The van der Waals surface area contributed by atoms with Gasteiger partial charge in [-0.05, 0) is 35.4 Å². The van der Waals surface area contributed by atoms with Crippen LogP contribution in [-0.4, -0.2) is 14.6 Å². The molecule has 2 heterocycles. The van der Waals surface area contributed by atoms with E-state index in [-0.39, 0.29) is 5.15 Å². The lowest BCUT2D eigenvalue weighted by atomic mass is 10.2. The Bertz CT molecular complexity index is 778. The summed E-state index contributed by atoms with van der Waals surface area (Å²) in [6.45, 7) is 0. The Labute approximate surface area is 127 Å². The largest absolute Gasteiger partial charge is 0.411 e. The van der Waals surface area contributed by atoms with E-state index >= 15 is 0 Å². The molecule has 0 unspecified atom stereocenters. The van der Waals surface area contributed by atoms with Crippen LogP contribution in [0.25, 0.3) is 11.5 Å². The maximum atomic E-state index is 9.00. The molecule has 0 radical (unpaired) electrons. The monoisotopic (exact) mass is 320 g/mol. The first-order valence-electron chi connectivity index (χ1n) is 5.40. The highest BCUT2D eigenvalue weighted by Gasteiger charge is 2.17. The zero-order valence-electron chi connectivity index (χ0n) is 9.78. The van der Waals surface area contributed by atoms with Gasteiger partial charge in [0.2, 0.25) is 5.89 Å². The molecular weight excluding hydrogens is 316 g/mol. The average molecular weight is 321 g/mol. The highest BCUT2D eigenvalue weighted by molar-refractivity contribution is 8.00. The van der Waals surface area contributed by atoms with Crippen LogP contribution in [0.1, 0.15) is 5.56 Å². The summed E-state index contributed by atoms with van der Waals surface area (Å²) < 4.78 is 10.1. The summed E-state index contributed by atoms with van der Waals surface area (Å²) in [7, 11) is 0. The summed E-state index contributed by atoms with van der Waals surface area (Å²) in [6, 6.07) is 11.5. The van der Waals surface area contributed by atoms with E-state index in [0.717, 1.165) is 17.1 Å². The van der Waals surface area contributed by atoms with Crippen molar-refractivity contribution < 1.29 is 4.42 Å². The second kappa shape index (κ2) is 5.63. The molecule has 0 aliphatic heterocycles. The fraction of sp³-hybridized carbons (Fsp3) is 0. The predicted octanol–water partition coefficient (Wildman–Crippen LogP) is 3.87. The van der Waals surface area contributed by atoms with Gasteiger partial charge in [-0.25, -0.2) is 0 Å². The maximum absolute atomic E-state index is 9.00. The predicted molar refractivity (Wildman–Crippen MR) is 75.7 cm³/mol. The smallest absolute Gasteiger partial charge is 0.282 e. The van der Waals surface area contributed by atoms with Gasteiger partial charge in [-0.3, -0.25) is 0 Å². The quantitative estimate of drug-likeness (QED) is 0.729. The van der Waals surface area contributed by atoms with Crippen LogP contribution in [0, 0.1) is 11.3 Å². The van der Waals surface area contributed by atoms with Crippen molar-refractivity contribution in [2.75, 3.05) is 0 Å². The first kappa shape index (κ1) is 13.1. The van der Waals surface area contributed by atoms with E-state index in [1.807, 2.05) is 36.4 Å². The van der Waals surface area contributed by atoms with E-state index in [9.17, 15) is 0 Å². The van der Waals surface area contributed by atoms with Crippen molar-refractivity contribution in [1.29, 1.82) is 5.26 Å². The molecule has 0 amide bonds. The molecule has 20 heavy (non-hydrogen) atoms. The number of hydrogen-bond donors (Lipinski definition) is 0. The van der Waals surface area contributed by atoms with Crippen molar-refractivity contribution in [3.8, 4) is 17.5 Å². The number of aromatic nitrogens is 3. The Morgan fingerprint density at radius 2 is 2.05 bits per heavy atom. The Balaban J connectivity index is 1.87. The molecule has 0 atom stereocenters. The second-order valence-electron chi connectivity index (χ2n) is 3.59. The normalized spacial score (nSPS) is 10.4. The zero-order valence-corrected chi connectivity index (χ0v) is 12.2. The fourth-order valence-electron chi connectivity index (χ4n) is 1.45. The Hall–Kier alpha value is -1.88. The molecule has 0 fully saturated rings. The summed E-state index contributed by atoms with van der Waals surface area (Å²) in [5.41, 5.74) is 1.18. The van der Waals surface area contributed by atoms with Crippen LogP contribution in [0.4, 0.5) is 0 Å². The number of halogens is 1. The van der Waals surface area contributed by atoms with Crippen molar-refractivity contribution in [3.63, 3.8) is 0 Å². The third kappa shape index (κ3) is 2.54. The van der Waals surface area contributed by atoms with E-state index in [1.165, 1.54) is 11.8 Å². The summed E-state index contributed by atoms with van der Waals surface area (Å²) in [5, 5.41) is 17.5. The van der Waals surface area contributed by atoms with Crippen LogP contribution < -0.4 is 0 Å². The average Bonchev–Trinajstić information content (AvgIpc) is 3.08. The van der Waals surface area contributed by atoms with Gasteiger partial charge in [-0.2, -0.15) is 9.64 Å². The highest BCUT2D eigenvalue weighted by Crippen LogP contribution is 2.36. The van der Waals surface area contributed by atoms with Gasteiger partial charge in [0.15, 0.2) is 5.15 Å². The van der Waals surface area contributed by atoms with E-state index in [4.69, 9.17) is 21.3 Å². The minimum atomic E-state index is 0.197. The van der Waals surface area contributed by atoms with Gasteiger partial charge in [0.1, 0.15) is 15.8 Å². The van der Waals surface area contributed by atoms with Gasteiger partial charge in [-0.15, -0.1) is 10.2 Å². The third-order valence-electron chi connectivity index (χ3n) is 2.34. The van der Waals surface area contributed by atoms with E-state index in [2.05, 4.69) is 14.6 Å². The molecular formula is C12H5ClN4OS2. The van der Waals surface area contributed by atoms with E-state index in [0.29, 0.717) is 20.9 Å². The van der Waals surface area contributed by atoms with Crippen molar-refractivity contribution in [1.82, 2.24) is 14.6 Å². The molecule has 0 bridgehead atoms. The van der Waals surface area contributed by atoms with Crippen LogP contribution in [0.2, 0.25) is 5.15 Å². The number of nitriles is 1. The fourth-order valence-corrected chi connectivity index (χ4v) is 3.37. The first-order chi connectivity index (χ1) is 9.78. The summed E-state index contributed by atoms with van der Waals surface area (Å²) in [4.78, 5) is 0. The van der Waals surface area contributed by atoms with Crippen LogP contribution in [-0.2, 0) is 0 Å². The van der Waals surface area contributed by atoms with E-state index in [1.54, 1.807) is 0 Å². The Morgan fingerprint density at radius 3 is 2.80 bits per heavy atom. The maximum Gasteiger partial charge on any atom is 0.282 e. The molecule has 0 spiro atoms. The van der Waals surface area contributed by atoms with Crippen LogP contribution in [0.15, 0.2) is 44.2 Å². The number of hydrogen-bond acceptors (Lipinski definition) is 7. The lowest BCUT2D eigenvalue weighted by Gasteiger charge is -1.92. The topological polar surface area (TPSA) is 75.6 Å². The molecule has 0 aliphatic rings. The van der Waals surface area contributed by atoms with Crippen LogP contribution in [0.5, 0.6) is 0 Å². The third-order valence-corrected chi connectivity index (χ3v) is 4.56. The zero-order chi connectivity index (χ0) is 13.9. The standard InChI is InChI=1S/C12H5ClN4OS2/c13-9-8(6-14)11(20-17-9)19-12-16-15-10(18-12)7-4-2-1-3-5-7/h1-5H. The summed E-state index contributed by atoms with van der Waals surface area (Å²) >= 11 is 8.12. The molecule has 2 aromatic heterocycles.